The molecular weight excluding hydrogens is 182 g/mol. The average molecular weight is 203 g/mol. The minimum absolute atomic E-state index is 0.670. The molecule has 0 unspecified atom stereocenters. The molecular formula is C14H21N. The quantitative estimate of drug-likeness (QED) is 0.419. The molecule has 0 N–H and O–H groups in total. The zero-order valence-corrected chi connectivity index (χ0v) is 9.65. The van der Waals surface area contributed by atoms with E-state index in [4.69, 9.17) is 5.26 Å². The van der Waals surface area contributed by atoms with Crippen molar-refractivity contribution in [3.63, 3.8) is 0 Å². The summed E-state index contributed by atoms with van der Waals surface area (Å²) in [5, 5.41) is 8.32. The summed E-state index contributed by atoms with van der Waals surface area (Å²) in [6.45, 7) is 2.05. The number of nitriles is 1. The Morgan fingerprint density at radius 3 is 2.27 bits per heavy atom. The largest absolute Gasteiger partial charge is 0.198 e. The van der Waals surface area contributed by atoms with Crippen LogP contribution in [0.15, 0.2) is 36.5 Å². The van der Waals surface area contributed by atoms with Gasteiger partial charge in [0.2, 0.25) is 0 Å². The number of unbranched alkanes of at least 4 members (excludes halogenated alkanes) is 3. The van der Waals surface area contributed by atoms with Gasteiger partial charge in [-0.2, -0.15) is 5.26 Å². The van der Waals surface area contributed by atoms with Crippen molar-refractivity contribution in [1.29, 1.82) is 5.26 Å². The Bertz CT molecular complexity index is 241. The fraction of sp³-hybridized carbons (Fsp3) is 0.500. The van der Waals surface area contributed by atoms with Crippen LogP contribution in [0.25, 0.3) is 0 Å². The summed E-state index contributed by atoms with van der Waals surface area (Å²) in [7, 11) is 0. The first kappa shape index (κ1) is 13.7. The third-order valence-electron chi connectivity index (χ3n) is 2.00. The summed E-state index contributed by atoms with van der Waals surface area (Å²) >= 11 is 0. The highest BCUT2D eigenvalue weighted by Crippen LogP contribution is 1.98. The topological polar surface area (TPSA) is 23.8 Å². The molecule has 0 aromatic rings. The van der Waals surface area contributed by atoms with Crippen LogP contribution in [0, 0.1) is 11.3 Å². The summed E-state index contributed by atoms with van der Waals surface area (Å²) < 4.78 is 0. The molecule has 0 heterocycles. The predicted octanol–water partition coefficient (Wildman–Crippen LogP) is 4.54. The SMILES string of the molecule is C/C=C/CC/C=C/C/C=C/CCCC#N. The molecule has 0 amide bonds. The van der Waals surface area contributed by atoms with Crippen molar-refractivity contribution in [3.8, 4) is 6.07 Å². The van der Waals surface area contributed by atoms with Crippen LogP contribution in [-0.4, -0.2) is 0 Å². The van der Waals surface area contributed by atoms with Gasteiger partial charge >= 0.3 is 0 Å². The first-order valence-electron chi connectivity index (χ1n) is 5.70. The number of nitrogens with zero attached hydrogens (tertiary/aromatic N) is 1. The van der Waals surface area contributed by atoms with Crippen LogP contribution >= 0.6 is 0 Å². The van der Waals surface area contributed by atoms with Crippen molar-refractivity contribution >= 4 is 0 Å². The summed E-state index contributed by atoms with van der Waals surface area (Å²) in [5.41, 5.74) is 0. The lowest BCUT2D eigenvalue weighted by Crippen LogP contribution is -1.69. The van der Waals surface area contributed by atoms with Crippen molar-refractivity contribution < 1.29 is 0 Å². The van der Waals surface area contributed by atoms with E-state index in [-0.39, 0.29) is 0 Å². The van der Waals surface area contributed by atoms with E-state index < -0.39 is 0 Å². The second-order valence-electron chi connectivity index (χ2n) is 3.38. The van der Waals surface area contributed by atoms with Gasteiger partial charge in [-0.3, -0.25) is 0 Å². The van der Waals surface area contributed by atoms with Gasteiger partial charge in [0.1, 0.15) is 0 Å². The van der Waals surface area contributed by atoms with E-state index in [9.17, 15) is 0 Å². The van der Waals surface area contributed by atoms with Gasteiger partial charge in [-0.25, -0.2) is 0 Å². The van der Waals surface area contributed by atoms with Crippen molar-refractivity contribution in [2.24, 2.45) is 0 Å². The molecule has 0 saturated heterocycles. The van der Waals surface area contributed by atoms with Crippen molar-refractivity contribution in [2.75, 3.05) is 0 Å². The minimum Gasteiger partial charge on any atom is -0.198 e. The zero-order valence-electron chi connectivity index (χ0n) is 9.65. The fourth-order valence-corrected chi connectivity index (χ4v) is 1.16. The molecule has 1 heteroatoms. The Hall–Kier alpha value is -1.29. The van der Waals surface area contributed by atoms with Crippen LogP contribution in [0.1, 0.15) is 45.4 Å². The van der Waals surface area contributed by atoms with Gasteiger partial charge < -0.3 is 0 Å². The first-order valence-corrected chi connectivity index (χ1v) is 5.70. The van der Waals surface area contributed by atoms with E-state index in [1.54, 1.807) is 0 Å². The highest BCUT2D eigenvalue weighted by Gasteiger charge is 1.80. The molecule has 0 spiro atoms. The second kappa shape index (κ2) is 12.7. The molecule has 1 nitrogen and oxygen atoms in total. The van der Waals surface area contributed by atoms with E-state index in [2.05, 4.69) is 42.5 Å². The Labute approximate surface area is 93.8 Å². The lowest BCUT2D eigenvalue weighted by atomic mass is 10.2. The maximum Gasteiger partial charge on any atom is 0.0621 e. The number of allylic oxidation sites excluding steroid dienone is 6. The molecule has 15 heavy (non-hydrogen) atoms. The Balaban J connectivity index is 3.25. The number of hydrogen-bond donors (Lipinski definition) is 0. The van der Waals surface area contributed by atoms with Crippen LogP contribution in [0.5, 0.6) is 0 Å². The van der Waals surface area contributed by atoms with Gasteiger partial charge in [0, 0.05) is 6.42 Å². The van der Waals surface area contributed by atoms with Gasteiger partial charge in [0.25, 0.3) is 0 Å². The number of hydrogen-bond acceptors (Lipinski definition) is 1. The maximum atomic E-state index is 8.32. The van der Waals surface area contributed by atoms with Crippen LogP contribution < -0.4 is 0 Å². The minimum atomic E-state index is 0.670. The molecule has 0 aliphatic carbocycles. The van der Waals surface area contributed by atoms with Crippen molar-refractivity contribution in [1.82, 2.24) is 0 Å². The van der Waals surface area contributed by atoms with E-state index in [1.165, 1.54) is 0 Å². The molecule has 0 atom stereocenters. The number of rotatable bonds is 8. The van der Waals surface area contributed by atoms with Crippen LogP contribution in [0.3, 0.4) is 0 Å². The van der Waals surface area contributed by atoms with Crippen LogP contribution in [-0.2, 0) is 0 Å². The van der Waals surface area contributed by atoms with E-state index in [0.29, 0.717) is 6.42 Å². The fourth-order valence-electron chi connectivity index (χ4n) is 1.16. The third-order valence-corrected chi connectivity index (χ3v) is 2.00. The van der Waals surface area contributed by atoms with E-state index in [0.717, 1.165) is 32.1 Å². The first-order chi connectivity index (χ1) is 7.41. The molecule has 0 bridgehead atoms. The Morgan fingerprint density at radius 2 is 1.60 bits per heavy atom. The third kappa shape index (κ3) is 12.7. The standard InChI is InChI=1S/C14H21N/c1-2-3-4-5-6-7-8-9-10-11-12-13-14-15/h2-3,6-7,9-10H,4-5,8,11-13H2,1H3/b3-2+,7-6+,10-9+. The smallest absolute Gasteiger partial charge is 0.0621 e. The average Bonchev–Trinajstić information content (AvgIpc) is 2.26. The van der Waals surface area contributed by atoms with Gasteiger partial charge in [0.05, 0.1) is 6.07 Å². The van der Waals surface area contributed by atoms with Gasteiger partial charge in [-0.15, -0.1) is 0 Å². The molecule has 0 aromatic carbocycles. The predicted molar refractivity (Wildman–Crippen MR) is 66.4 cm³/mol. The Morgan fingerprint density at radius 1 is 0.933 bits per heavy atom. The molecule has 0 rings (SSSR count). The Kier molecular flexibility index (Phi) is 11.6. The summed E-state index contributed by atoms with van der Waals surface area (Å²) in [6.07, 6.45) is 19.0. The normalized spacial score (nSPS) is 11.7. The monoisotopic (exact) mass is 203 g/mol. The highest BCUT2D eigenvalue weighted by molar-refractivity contribution is 4.94. The van der Waals surface area contributed by atoms with Crippen molar-refractivity contribution in [2.45, 2.75) is 45.4 Å². The summed E-state index contributed by atoms with van der Waals surface area (Å²) in [5.74, 6) is 0. The van der Waals surface area contributed by atoms with Gasteiger partial charge in [-0.1, -0.05) is 36.5 Å². The molecule has 0 aliphatic rings. The summed E-state index contributed by atoms with van der Waals surface area (Å²) in [6, 6.07) is 2.14. The molecule has 0 saturated carbocycles. The maximum absolute atomic E-state index is 8.32. The summed E-state index contributed by atoms with van der Waals surface area (Å²) in [4.78, 5) is 0. The zero-order chi connectivity index (χ0) is 11.2. The molecule has 0 fully saturated rings. The highest BCUT2D eigenvalue weighted by atomic mass is 14.2. The molecule has 0 aromatic heterocycles. The van der Waals surface area contributed by atoms with Crippen molar-refractivity contribution in [3.05, 3.63) is 36.5 Å². The molecule has 82 valence electrons. The van der Waals surface area contributed by atoms with Gasteiger partial charge in [-0.05, 0) is 39.0 Å². The second-order valence-corrected chi connectivity index (χ2v) is 3.38. The van der Waals surface area contributed by atoms with Gasteiger partial charge in [0.15, 0.2) is 0 Å². The lowest BCUT2D eigenvalue weighted by Gasteiger charge is -1.87. The van der Waals surface area contributed by atoms with E-state index >= 15 is 0 Å². The lowest BCUT2D eigenvalue weighted by molar-refractivity contribution is 0.874. The van der Waals surface area contributed by atoms with E-state index in [1.807, 2.05) is 6.92 Å². The molecule has 0 radical (unpaired) electrons. The van der Waals surface area contributed by atoms with Crippen LogP contribution in [0.2, 0.25) is 0 Å². The molecule has 0 aliphatic heterocycles. The van der Waals surface area contributed by atoms with Crippen LogP contribution in [0.4, 0.5) is 0 Å².